The Bertz CT molecular complexity index is 301. The van der Waals surface area contributed by atoms with Crippen molar-refractivity contribution in [2.45, 2.75) is 38.1 Å². The molecule has 4 heteroatoms. The number of carbonyl (C=O) groups is 1. The van der Waals surface area contributed by atoms with Crippen LogP contribution in [-0.2, 0) is 4.79 Å². The Hall–Kier alpha value is -0.610. The van der Waals surface area contributed by atoms with Crippen LogP contribution in [0.2, 0.25) is 0 Å². The van der Waals surface area contributed by atoms with Crippen LogP contribution >= 0.6 is 0 Å². The fourth-order valence-corrected chi connectivity index (χ4v) is 3.84. The minimum absolute atomic E-state index is 0.284. The summed E-state index contributed by atoms with van der Waals surface area (Å²) in [6, 6.07) is 0.493. The first-order valence-corrected chi connectivity index (χ1v) is 7.57. The van der Waals surface area contributed by atoms with E-state index in [1.807, 2.05) is 0 Å². The number of hydrogen-bond donors (Lipinski definition) is 2. The van der Waals surface area contributed by atoms with E-state index in [2.05, 4.69) is 15.5 Å². The molecule has 18 heavy (non-hydrogen) atoms. The van der Waals surface area contributed by atoms with E-state index in [-0.39, 0.29) is 5.92 Å². The van der Waals surface area contributed by atoms with Gasteiger partial charge in [0.1, 0.15) is 0 Å². The van der Waals surface area contributed by atoms with Gasteiger partial charge in [0.2, 0.25) is 5.91 Å². The maximum absolute atomic E-state index is 11.7. The van der Waals surface area contributed by atoms with E-state index in [1.54, 1.807) is 0 Å². The zero-order chi connectivity index (χ0) is 12.4. The molecule has 3 saturated heterocycles. The summed E-state index contributed by atoms with van der Waals surface area (Å²) in [4.78, 5) is 14.3. The molecule has 1 amide bonds. The van der Waals surface area contributed by atoms with Crippen LogP contribution in [0.25, 0.3) is 0 Å². The van der Waals surface area contributed by atoms with Crippen LogP contribution in [0.15, 0.2) is 0 Å². The molecule has 3 rings (SSSR count). The van der Waals surface area contributed by atoms with Crippen LogP contribution in [0.1, 0.15) is 32.1 Å². The Kier molecular flexibility index (Phi) is 3.85. The summed E-state index contributed by atoms with van der Waals surface area (Å²) in [5.74, 6) is 1.48. The molecular formula is C14H25N3O. The summed E-state index contributed by atoms with van der Waals surface area (Å²) in [6.45, 7) is 5.66. The van der Waals surface area contributed by atoms with Gasteiger partial charge in [-0.25, -0.2) is 0 Å². The van der Waals surface area contributed by atoms with Gasteiger partial charge in [-0.1, -0.05) is 0 Å². The fourth-order valence-electron chi connectivity index (χ4n) is 3.84. The van der Waals surface area contributed by atoms with Crippen molar-refractivity contribution >= 4 is 5.91 Å². The van der Waals surface area contributed by atoms with E-state index in [0.717, 1.165) is 18.9 Å². The molecule has 2 unspecified atom stereocenters. The van der Waals surface area contributed by atoms with Crippen LogP contribution < -0.4 is 10.6 Å². The fraction of sp³-hybridized carbons (Fsp3) is 0.929. The average molecular weight is 251 g/mol. The Labute approximate surface area is 109 Å². The number of nitrogens with zero attached hydrogens (tertiary/aromatic N) is 1. The van der Waals surface area contributed by atoms with Crippen LogP contribution in [0.5, 0.6) is 0 Å². The normalized spacial score (nSPS) is 34.3. The van der Waals surface area contributed by atoms with E-state index in [1.165, 1.54) is 51.9 Å². The van der Waals surface area contributed by atoms with Gasteiger partial charge in [-0.05, 0) is 64.2 Å². The first kappa shape index (κ1) is 12.4. The number of nitrogens with one attached hydrogen (secondary N) is 2. The standard InChI is InChI=1S/C14H25N3O/c18-14-12-2-1-8-17(13(12)10-16-14)9-5-11-3-6-15-7-4-11/h11-13,15H,1-10H2,(H,16,18). The molecule has 0 aromatic heterocycles. The summed E-state index contributed by atoms with van der Waals surface area (Å²) >= 11 is 0. The van der Waals surface area contributed by atoms with Crippen LogP contribution in [0.4, 0.5) is 0 Å². The van der Waals surface area contributed by atoms with Crippen molar-refractivity contribution in [3.8, 4) is 0 Å². The molecular weight excluding hydrogens is 226 g/mol. The predicted octanol–water partition coefficient (Wildman–Crippen LogP) is 0.587. The summed E-state index contributed by atoms with van der Waals surface area (Å²) < 4.78 is 0. The zero-order valence-electron chi connectivity index (χ0n) is 11.2. The van der Waals surface area contributed by atoms with E-state index in [9.17, 15) is 4.79 Å². The monoisotopic (exact) mass is 251 g/mol. The second-order valence-electron chi connectivity index (χ2n) is 6.08. The van der Waals surface area contributed by atoms with Crippen molar-refractivity contribution in [1.29, 1.82) is 0 Å². The van der Waals surface area contributed by atoms with Gasteiger partial charge < -0.3 is 10.6 Å². The van der Waals surface area contributed by atoms with Crippen molar-refractivity contribution < 1.29 is 4.79 Å². The smallest absolute Gasteiger partial charge is 0.224 e. The Morgan fingerprint density at radius 1 is 1.22 bits per heavy atom. The number of piperidine rings is 2. The van der Waals surface area contributed by atoms with Gasteiger partial charge >= 0.3 is 0 Å². The molecule has 2 atom stereocenters. The number of likely N-dealkylation sites (tertiary alicyclic amines) is 1. The minimum atomic E-state index is 0.284. The van der Waals surface area contributed by atoms with Gasteiger partial charge in [0, 0.05) is 12.6 Å². The quantitative estimate of drug-likeness (QED) is 0.771. The molecule has 0 aromatic carbocycles. The topological polar surface area (TPSA) is 44.4 Å². The molecule has 0 aliphatic carbocycles. The van der Waals surface area contributed by atoms with Gasteiger partial charge in [-0.15, -0.1) is 0 Å². The third kappa shape index (κ3) is 2.54. The van der Waals surface area contributed by atoms with Crippen LogP contribution in [0, 0.1) is 11.8 Å². The largest absolute Gasteiger partial charge is 0.354 e. The van der Waals surface area contributed by atoms with Crippen molar-refractivity contribution in [3.05, 3.63) is 0 Å². The van der Waals surface area contributed by atoms with E-state index in [4.69, 9.17) is 0 Å². The average Bonchev–Trinajstić information content (AvgIpc) is 2.80. The van der Waals surface area contributed by atoms with Crippen molar-refractivity contribution in [2.75, 3.05) is 32.7 Å². The summed E-state index contributed by atoms with van der Waals surface area (Å²) in [6.07, 6.45) is 6.28. The summed E-state index contributed by atoms with van der Waals surface area (Å²) in [5.41, 5.74) is 0. The van der Waals surface area contributed by atoms with Crippen LogP contribution in [0.3, 0.4) is 0 Å². The lowest BCUT2D eigenvalue weighted by molar-refractivity contribution is -0.124. The van der Waals surface area contributed by atoms with E-state index >= 15 is 0 Å². The highest BCUT2D eigenvalue weighted by molar-refractivity contribution is 5.82. The highest BCUT2D eigenvalue weighted by Gasteiger charge is 2.40. The minimum Gasteiger partial charge on any atom is -0.354 e. The van der Waals surface area contributed by atoms with Gasteiger partial charge in [0.25, 0.3) is 0 Å². The van der Waals surface area contributed by atoms with Crippen LogP contribution in [-0.4, -0.2) is 49.6 Å². The predicted molar refractivity (Wildman–Crippen MR) is 71.3 cm³/mol. The van der Waals surface area contributed by atoms with Crippen molar-refractivity contribution in [2.24, 2.45) is 11.8 Å². The lowest BCUT2D eigenvalue weighted by atomic mass is 9.89. The molecule has 4 nitrogen and oxygen atoms in total. The maximum Gasteiger partial charge on any atom is 0.224 e. The molecule has 2 N–H and O–H groups in total. The summed E-state index contributed by atoms with van der Waals surface area (Å²) in [7, 11) is 0. The Balaban J connectivity index is 1.50. The number of hydrogen-bond acceptors (Lipinski definition) is 3. The molecule has 102 valence electrons. The second-order valence-corrected chi connectivity index (χ2v) is 6.08. The number of rotatable bonds is 3. The molecule has 0 aromatic rings. The second kappa shape index (κ2) is 5.57. The Morgan fingerprint density at radius 2 is 2.06 bits per heavy atom. The zero-order valence-corrected chi connectivity index (χ0v) is 11.2. The Morgan fingerprint density at radius 3 is 2.89 bits per heavy atom. The lowest BCUT2D eigenvalue weighted by Crippen LogP contribution is -2.46. The molecule has 3 fully saturated rings. The first-order valence-electron chi connectivity index (χ1n) is 7.57. The third-order valence-electron chi connectivity index (χ3n) is 5.00. The molecule has 3 aliphatic heterocycles. The highest BCUT2D eigenvalue weighted by Crippen LogP contribution is 2.28. The molecule has 3 heterocycles. The number of amides is 1. The van der Waals surface area contributed by atoms with E-state index in [0.29, 0.717) is 11.9 Å². The lowest BCUT2D eigenvalue weighted by Gasteiger charge is -2.37. The number of fused-ring (bicyclic) bond motifs is 1. The van der Waals surface area contributed by atoms with E-state index < -0.39 is 0 Å². The maximum atomic E-state index is 11.7. The SMILES string of the molecule is O=C1NCC2C1CCCN2CCC1CCNCC1. The molecule has 0 saturated carbocycles. The third-order valence-corrected chi connectivity index (χ3v) is 5.00. The van der Waals surface area contributed by atoms with Gasteiger partial charge in [-0.3, -0.25) is 9.69 Å². The number of carbonyl (C=O) groups excluding carboxylic acids is 1. The van der Waals surface area contributed by atoms with Gasteiger partial charge in [-0.2, -0.15) is 0 Å². The van der Waals surface area contributed by atoms with Gasteiger partial charge in [0.15, 0.2) is 0 Å². The highest BCUT2D eigenvalue weighted by atomic mass is 16.2. The first-order chi connectivity index (χ1) is 8.84. The molecule has 0 spiro atoms. The van der Waals surface area contributed by atoms with Gasteiger partial charge in [0.05, 0.1) is 5.92 Å². The summed E-state index contributed by atoms with van der Waals surface area (Å²) in [5, 5.41) is 6.47. The molecule has 0 radical (unpaired) electrons. The molecule has 3 aliphatic rings. The van der Waals surface area contributed by atoms with Crippen molar-refractivity contribution in [1.82, 2.24) is 15.5 Å². The van der Waals surface area contributed by atoms with Crippen molar-refractivity contribution in [3.63, 3.8) is 0 Å². The molecule has 0 bridgehead atoms.